The van der Waals surface area contributed by atoms with Crippen LogP contribution in [0.5, 0.6) is 5.75 Å². The highest BCUT2D eigenvalue weighted by atomic mass is 16.5. The summed E-state index contributed by atoms with van der Waals surface area (Å²) in [7, 11) is 4.13. The number of hydrogen-bond donors (Lipinski definition) is 2. The number of hydrogen-bond acceptors (Lipinski definition) is 5. The van der Waals surface area contributed by atoms with Crippen molar-refractivity contribution in [2.24, 2.45) is 0 Å². The Kier molecular flexibility index (Phi) is 7.82. The summed E-state index contributed by atoms with van der Waals surface area (Å²) in [5.74, 6) is 0.976. The van der Waals surface area contributed by atoms with E-state index in [1.54, 1.807) is 0 Å². The molecule has 3 rings (SSSR count). The number of fused-ring (bicyclic) bond motifs is 1. The Hall–Kier alpha value is -1.30. The number of anilines is 1. The first-order valence-electron chi connectivity index (χ1n) is 9.20. The van der Waals surface area contributed by atoms with E-state index in [9.17, 15) is 0 Å². The Bertz CT molecular complexity index is 500. The quantitative estimate of drug-likeness (QED) is 0.836. The highest BCUT2D eigenvalue weighted by Gasteiger charge is 2.20. The third-order valence-corrected chi connectivity index (χ3v) is 4.29. The van der Waals surface area contributed by atoms with E-state index < -0.39 is 0 Å². The summed E-state index contributed by atoms with van der Waals surface area (Å²) in [5.41, 5.74) is 4.00. The summed E-state index contributed by atoms with van der Waals surface area (Å²) in [6.45, 7) is 9.28. The van der Waals surface area contributed by atoms with Crippen LogP contribution in [0.3, 0.4) is 0 Å². The highest BCUT2D eigenvalue weighted by Crippen LogP contribution is 2.30. The first-order valence-corrected chi connectivity index (χ1v) is 9.20. The van der Waals surface area contributed by atoms with Gasteiger partial charge in [0.15, 0.2) is 0 Å². The Morgan fingerprint density at radius 3 is 2.88 bits per heavy atom. The maximum Gasteiger partial charge on any atom is 0.121 e. The van der Waals surface area contributed by atoms with Crippen LogP contribution >= 0.6 is 0 Å². The molecule has 136 valence electrons. The molecule has 0 aromatic heterocycles. The number of ether oxygens (including phenoxy) is 2. The molecule has 0 saturated carbocycles. The third kappa shape index (κ3) is 5.36. The molecule has 1 unspecified atom stereocenters. The van der Waals surface area contributed by atoms with E-state index in [-0.39, 0.29) is 0 Å². The van der Waals surface area contributed by atoms with E-state index in [0.717, 1.165) is 58.0 Å². The average Bonchev–Trinajstić information content (AvgIpc) is 3.09. The SMILES string of the molecule is CC.CN(C)CCOc1cc2c(c(NC3CCOC3)c1)CNCC2. The van der Waals surface area contributed by atoms with E-state index in [2.05, 4.69) is 41.8 Å². The molecule has 0 radical (unpaired) electrons. The fraction of sp³-hybridized carbons (Fsp3) is 0.684. The van der Waals surface area contributed by atoms with Gasteiger partial charge in [-0.3, -0.25) is 0 Å². The van der Waals surface area contributed by atoms with Crippen LogP contribution in [0.4, 0.5) is 5.69 Å². The maximum atomic E-state index is 5.95. The predicted octanol–water partition coefficient (Wildman–Crippen LogP) is 2.50. The van der Waals surface area contributed by atoms with Gasteiger partial charge in [-0.15, -0.1) is 0 Å². The van der Waals surface area contributed by atoms with Crippen molar-refractivity contribution >= 4 is 5.69 Å². The molecular formula is C19H33N3O2. The van der Waals surface area contributed by atoms with Crippen molar-refractivity contribution in [1.82, 2.24) is 10.2 Å². The van der Waals surface area contributed by atoms with Gasteiger partial charge in [0.25, 0.3) is 0 Å². The van der Waals surface area contributed by atoms with Gasteiger partial charge >= 0.3 is 0 Å². The fourth-order valence-corrected chi connectivity index (χ4v) is 3.00. The minimum Gasteiger partial charge on any atom is -0.492 e. The van der Waals surface area contributed by atoms with E-state index in [0.29, 0.717) is 6.04 Å². The van der Waals surface area contributed by atoms with Gasteiger partial charge in [0.2, 0.25) is 0 Å². The molecule has 5 nitrogen and oxygen atoms in total. The number of nitrogens with zero attached hydrogens (tertiary/aromatic N) is 1. The lowest BCUT2D eigenvalue weighted by atomic mass is 9.98. The van der Waals surface area contributed by atoms with Crippen LogP contribution in [0, 0.1) is 0 Å². The Morgan fingerprint density at radius 2 is 2.17 bits per heavy atom. The van der Waals surface area contributed by atoms with Crippen molar-refractivity contribution in [3.8, 4) is 5.75 Å². The fourth-order valence-electron chi connectivity index (χ4n) is 3.00. The molecule has 2 aliphatic heterocycles. The third-order valence-electron chi connectivity index (χ3n) is 4.29. The summed E-state index contributed by atoms with van der Waals surface area (Å²) < 4.78 is 11.4. The van der Waals surface area contributed by atoms with Gasteiger partial charge in [0.1, 0.15) is 12.4 Å². The zero-order chi connectivity index (χ0) is 17.4. The second-order valence-corrected chi connectivity index (χ2v) is 6.39. The summed E-state index contributed by atoms with van der Waals surface area (Å²) in [4.78, 5) is 2.14. The second kappa shape index (κ2) is 9.87. The maximum absolute atomic E-state index is 5.95. The number of rotatable bonds is 6. The van der Waals surface area contributed by atoms with Gasteiger partial charge in [-0.2, -0.15) is 0 Å². The standard InChI is InChI=1S/C17H27N3O2.C2H6/c1-20(2)6-8-22-15-9-13-3-5-18-11-16(13)17(10-15)19-14-4-7-21-12-14;1-2/h9-10,14,18-19H,3-8,11-12H2,1-2H3;1-2H3. The Morgan fingerprint density at radius 1 is 1.33 bits per heavy atom. The molecule has 2 heterocycles. The summed E-state index contributed by atoms with van der Waals surface area (Å²) in [6.07, 6.45) is 2.14. The topological polar surface area (TPSA) is 45.8 Å². The van der Waals surface area contributed by atoms with E-state index in [1.165, 1.54) is 16.8 Å². The first-order chi connectivity index (χ1) is 11.7. The normalized spacial score (nSPS) is 19.5. The van der Waals surface area contributed by atoms with Crippen molar-refractivity contribution < 1.29 is 9.47 Å². The monoisotopic (exact) mass is 335 g/mol. The van der Waals surface area contributed by atoms with E-state index >= 15 is 0 Å². The highest BCUT2D eigenvalue weighted by molar-refractivity contribution is 5.60. The molecule has 0 aliphatic carbocycles. The smallest absolute Gasteiger partial charge is 0.121 e. The molecule has 1 fully saturated rings. The van der Waals surface area contributed by atoms with Crippen LogP contribution in [-0.2, 0) is 17.7 Å². The van der Waals surface area contributed by atoms with Crippen molar-refractivity contribution in [2.45, 2.75) is 39.3 Å². The van der Waals surface area contributed by atoms with Gasteiger partial charge in [-0.05, 0) is 50.7 Å². The molecule has 2 aliphatic rings. The van der Waals surface area contributed by atoms with Crippen molar-refractivity contribution in [3.05, 3.63) is 23.3 Å². The molecule has 1 saturated heterocycles. The van der Waals surface area contributed by atoms with E-state index in [4.69, 9.17) is 9.47 Å². The Balaban J connectivity index is 0.00000100. The van der Waals surface area contributed by atoms with Crippen molar-refractivity contribution in [1.29, 1.82) is 0 Å². The van der Waals surface area contributed by atoms with Crippen LogP contribution in [0.2, 0.25) is 0 Å². The van der Waals surface area contributed by atoms with Crippen LogP contribution < -0.4 is 15.4 Å². The predicted molar refractivity (Wildman–Crippen MR) is 100 cm³/mol. The van der Waals surface area contributed by atoms with Crippen LogP contribution in [0.15, 0.2) is 12.1 Å². The molecule has 0 amide bonds. The van der Waals surface area contributed by atoms with E-state index in [1.807, 2.05) is 13.8 Å². The number of likely N-dealkylation sites (N-methyl/N-ethyl adjacent to an activating group) is 1. The van der Waals surface area contributed by atoms with Gasteiger partial charge in [-0.1, -0.05) is 13.8 Å². The minimum atomic E-state index is 0.419. The molecule has 1 atom stereocenters. The summed E-state index contributed by atoms with van der Waals surface area (Å²) in [6, 6.07) is 4.78. The zero-order valence-corrected chi connectivity index (χ0v) is 15.7. The zero-order valence-electron chi connectivity index (χ0n) is 15.7. The molecule has 0 bridgehead atoms. The van der Waals surface area contributed by atoms with Crippen molar-refractivity contribution in [2.75, 3.05) is 52.3 Å². The Labute approximate surface area is 146 Å². The summed E-state index contributed by atoms with van der Waals surface area (Å²) in [5, 5.41) is 7.12. The average molecular weight is 335 g/mol. The second-order valence-electron chi connectivity index (χ2n) is 6.39. The van der Waals surface area contributed by atoms with Crippen LogP contribution in [0.25, 0.3) is 0 Å². The lowest BCUT2D eigenvalue weighted by molar-refractivity contribution is 0.195. The lowest BCUT2D eigenvalue weighted by Crippen LogP contribution is -2.27. The van der Waals surface area contributed by atoms with Crippen LogP contribution in [0.1, 0.15) is 31.4 Å². The van der Waals surface area contributed by atoms with Crippen LogP contribution in [-0.4, -0.2) is 57.9 Å². The lowest BCUT2D eigenvalue weighted by Gasteiger charge is -2.24. The van der Waals surface area contributed by atoms with Crippen molar-refractivity contribution in [3.63, 3.8) is 0 Å². The van der Waals surface area contributed by atoms with Gasteiger partial charge in [0, 0.05) is 31.5 Å². The summed E-state index contributed by atoms with van der Waals surface area (Å²) >= 11 is 0. The molecule has 0 spiro atoms. The molecule has 2 N–H and O–H groups in total. The molecule has 5 heteroatoms. The molecule has 1 aromatic rings. The van der Waals surface area contributed by atoms with Gasteiger partial charge in [0.05, 0.1) is 12.6 Å². The largest absolute Gasteiger partial charge is 0.492 e. The molecule has 24 heavy (non-hydrogen) atoms. The number of nitrogens with one attached hydrogen (secondary N) is 2. The molecular weight excluding hydrogens is 302 g/mol. The molecule has 1 aromatic carbocycles. The number of benzene rings is 1. The van der Waals surface area contributed by atoms with Gasteiger partial charge < -0.3 is 25.0 Å². The van der Waals surface area contributed by atoms with Gasteiger partial charge in [-0.25, -0.2) is 0 Å². The first kappa shape index (κ1) is 19.0. The minimum absolute atomic E-state index is 0.419.